The Bertz CT molecular complexity index is 905. The molecule has 1 saturated carbocycles. The molecule has 3 heterocycles. The Balaban J connectivity index is 1.43. The third kappa shape index (κ3) is 3.00. The summed E-state index contributed by atoms with van der Waals surface area (Å²) >= 11 is 0. The molecule has 0 atom stereocenters. The fourth-order valence-electron chi connectivity index (χ4n) is 3.91. The van der Waals surface area contributed by atoms with E-state index in [1.54, 1.807) is 25.4 Å². The van der Waals surface area contributed by atoms with Crippen LogP contribution >= 0.6 is 0 Å². The molecule has 10 heteroatoms. The predicted molar refractivity (Wildman–Crippen MR) is 98.9 cm³/mol. The lowest BCUT2D eigenvalue weighted by atomic mass is 9.81. The zero-order chi connectivity index (χ0) is 19.7. The molecule has 0 radical (unpaired) electrons. The number of hydrogen-bond acceptors (Lipinski definition) is 6. The monoisotopic (exact) mass is 383 g/mol. The average molecular weight is 383 g/mol. The van der Waals surface area contributed by atoms with Crippen molar-refractivity contribution in [1.82, 2.24) is 30.0 Å². The van der Waals surface area contributed by atoms with Crippen LogP contribution in [-0.4, -0.2) is 66.9 Å². The maximum absolute atomic E-state index is 12.9. The largest absolute Gasteiger partial charge is 0.327 e. The van der Waals surface area contributed by atoms with Crippen LogP contribution in [0.1, 0.15) is 32.1 Å². The Kier molecular flexibility index (Phi) is 4.54. The summed E-state index contributed by atoms with van der Waals surface area (Å²) in [5.74, 6) is -0.357. The highest BCUT2D eigenvalue weighted by molar-refractivity contribution is 6.09. The molecule has 0 aromatic carbocycles. The Morgan fingerprint density at radius 1 is 1.25 bits per heavy atom. The van der Waals surface area contributed by atoms with E-state index in [0.717, 1.165) is 24.2 Å². The van der Waals surface area contributed by atoms with Crippen LogP contribution < -0.4 is 5.32 Å². The minimum Gasteiger partial charge on any atom is -0.313 e. The number of hydrogen-bond donors (Lipinski definition) is 2. The number of imide groups is 1. The number of urea groups is 1. The van der Waals surface area contributed by atoms with Crippen LogP contribution in [0.15, 0.2) is 24.4 Å². The summed E-state index contributed by atoms with van der Waals surface area (Å²) < 4.78 is 0. The number of pyridine rings is 1. The molecule has 0 bridgehead atoms. The number of likely N-dealkylation sites (N-methyl/N-ethyl adjacent to an activating group) is 1. The van der Waals surface area contributed by atoms with Crippen LogP contribution in [-0.2, 0) is 9.59 Å². The number of carbonyl (C=O) groups excluding carboxylic acids is 3. The van der Waals surface area contributed by atoms with Crippen LogP contribution in [0.3, 0.4) is 0 Å². The number of aromatic nitrogens is 4. The van der Waals surface area contributed by atoms with Crippen molar-refractivity contribution in [3.8, 4) is 11.5 Å². The molecule has 28 heavy (non-hydrogen) atoms. The minimum atomic E-state index is -0.799. The lowest BCUT2D eigenvalue weighted by Crippen LogP contribution is -2.49. The van der Waals surface area contributed by atoms with Gasteiger partial charge in [-0.15, -0.1) is 5.10 Å². The number of amides is 4. The van der Waals surface area contributed by atoms with E-state index in [1.807, 2.05) is 6.07 Å². The molecule has 1 aliphatic carbocycles. The molecule has 4 amide bonds. The Labute approximate surface area is 161 Å². The summed E-state index contributed by atoms with van der Waals surface area (Å²) in [4.78, 5) is 48.7. The number of nitrogens with one attached hydrogen (secondary N) is 2. The second kappa shape index (κ2) is 7.02. The number of H-pyrrole nitrogens is 1. The lowest BCUT2D eigenvalue weighted by molar-refractivity contribution is -0.136. The number of carbonyl (C=O) groups is 3. The Hall–Kier alpha value is -3.30. The number of nitrogens with zero attached hydrogens (tertiary/aromatic N) is 5. The van der Waals surface area contributed by atoms with Crippen molar-refractivity contribution >= 4 is 23.8 Å². The van der Waals surface area contributed by atoms with E-state index >= 15 is 0 Å². The molecule has 2 aromatic rings. The standard InChI is InChI=1S/C18H21N7O3/c1-24-17(28)25(15(27)18(24)8-4-2-5-9-18)11-13(26)20-16-21-14(22-23-16)12-7-3-6-10-19-12/h3,6-7,10H,2,4-5,8-9,11H2,1H3,(H2,20,21,22,23,26). The molecule has 2 N–H and O–H groups in total. The highest BCUT2D eigenvalue weighted by atomic mass is 16.2. The van der Waals surface area contributed by atoms with E-state index in [9.17, 15) is 14.4 Å². The number of aromatic amines is 1. The quantitative estimate of drug-likeness (QED) is 0.769. The molecule has 2 aliphatic rings. The van der Waals surface area contributed by atoms with Gasteiger partial charge < -0.3 is 4.90 Å². The van der Waals surface area contributed by atoms with Crippen molar-refractivity contribution < 1.29 is 14.4 Å². The maximum atomic E-state index is 12.9. The molecular weight excluding hydrogens is 362 g/mol. The summed E-state index contributed by atoms with van der Waals surface area (Å²) in [5.41, 5.74) is -0.215. The van der Waals surface area contributed by atoms with Crippen LogP contribution in [0, 0.1) is 0 Å². The highest BCUT2D eigenvalue weighted by Crippen LogP contribution is 2.39. The summed E-state index contributed by atoms with van der Waals surface area (Å²) in [7, 11) is 1.64. The van der Waals surface area contributed by atoms with Gasteiger partial charge in [0.1, 0.15) is 17.8 Å². The van der Waals surface area contributed by atoms with E-state index in [0.29, 0.717) is 24.4 Å². The lowest BCUT2D eigenvalue weighted by Gasteiger charge is -2.35. The topological polar surface area (TPSA) is 124 Å². The molecule has 4 rings (SSSR count). The first-order valence-electron chi connectivity index (χ1n) is 9.25. The zero-order valence-electron chi connectivity index (χ0n) is 15.5. The summed E-state index contributed by atoms with van der Waals surface area (Å²) in [5, 5.41) is 9.16. The van der Waals surface area contributed by atoms with E-state index in [4.69, 9.17) is 0 Å². The number of rotatable bonds is 4. The van der Waals surface area contributed by atoms with Crippen LogP contribution in [0.25, 0.3) is 11.5 Å². The predicted octanol–water partition coefficient (Wildman–Crippen LogP) is 1.40. The van der Waals surface area contributed by atoms with Crippen LogP contribution in [0.2, 0.25) is 0 Å². The van der Waals surface area contributed by atoms with Gasteiger partial charge in [-0.25, -0.2) is 4.79 Å². The van der Waals surface area contributed by atoms with Gasteiger partial charge in [0, 0.05) is 13.2 Å². The molecule has 0 unspecified atom stereocenters. The van der Waals surface area contributed by atoms with Gasteiger partial charge in [-0.3, -0.25) is 29.9 Å². The van der Waals surface area contributed by atoms with Gasteiger partial charge in [-0.05, 0) is 25.0 Å². The van der Waals surface area contributed by atoms with Crippen LogP contribution in [0.5, 0.6) is 0 Å². The first-order chi connectivity index (χ1) is 13.5. The summed E-state index contributed by atoms with van der Waals surface area (Å²) in [6.07, 6.45) is 5.76. The van der Waals surface area contributed by atoms with Crippen molar-refractivity contribution in [2.45, 2.75) is 37.6 Å². The van der Waals surface area contributed by atoms with E-state index < -0.39 is 17.5 Å². The molecule has 10 nitrogen and oxygen atoms in total. The van der Waals surface area contributed by atoms with Crippen molar-refractivity contribution in [2.24, 2.45) is 0 Å². The van der Waals surface area contributed by atoms with Crippen molar-refractivity contribution in [3.05, 3.63) is 24.4 Å². The van der Waals surface area contributed by atoms with E-state index in [1.165, 1.54) is 4.90 Å². The Morgan fingerprint density at radius 3 is 2.75 bits per heavy atom. The zero-order valence-corrected chi connectivity index (χ0v) is 15.5. The van der Waals surface area contributed by atoms with Gasteiger partial charge in [0.15, 0.2) is 5.82 Å². The average Bonchev–Trinajstić information content (AvgIpc) is 3.25. The van der Waals surface area contributed by atoms with Crippen molar-refractivity contribution in [3.63, 3.8) is 0 Å². The second-order valence-corrected chi connectivity index (χ2v) is 7.10. The summed E-state index contributed by atoms with van der Waals surface area (Å²) in [6.45, 7) is -0.364. The molecule has 1 aliphatic heterocycles. The highest BCUT2D eigenvalue weighted by Gasteiger charge is 2.55. The van der Waals surface area contributed by atoms with Gasteiger partial charge >= 0.3 is 6.03 Å². The molecule has 2 aromatic heterocycles. The maximum Gasteiger partial charge on any atom is 0.327 e. The SMILES string of the molecule is CN1C(=O)N(CC(=O)Nc2n[nH]c(-c3ccccn3)n2)C(=O)C12CCCCC2. The van der Waals surface area contributed by atoms with E-state index in [-0.39, 0.29) is 18.4 Å². The normalized spacial score (nSPS) is 18.8. The van der Waals surface area contributed by atoms with Gasteiger partial charge in [0.05, 0.1) is 0 Å². The van der Waals surface area contributed by atoms with Gasteiger partial charge in [0.2, 0.25) is 11.9 Å². The fourth-order valence-corrected chi connectivity index (χ4v) is 3.91. The smallest absolute Gasteiger partial charge is 0.313 e. The third-order valence-corrected chi connectivity index (χ3v) is 5.43. The van der Waals surface area contributed by atoms with Crippen molar-refractivity contribution in [2.75, 3.05) is 18.9 Å². The molecule has 1 saturated heterocycles. The minimum absolute atomic E-state index is 0.0606. The van der Waals surface area contributed by atoms with Crippen LogP contribution in [0.4, 0.5) is 10.7 Å². The first-order valence-corrected chi connectivity index (χ1v) is 9.25. The first kappa shape index (κ1) is 18.1. The third-order valence-electron chi connectivity index (χ3n) is 5.43. The van der Waals surface area contributed by atoms with Gasteiger partial charge in [-0.2, -0.15) is 4.98 Å². The molecular formula is C18H21N7O3. The fraction of sp³-hybridized carbons (Fsp3) is 0.444. The van der Waals surface area contributed by atoms with Crippen molar-refractivity contribution in [1.29, 1.82) is 0 Å². The summed E-state index contributed by atoms with van der Waals surface area (Å²) in [6, 6.07) is 4.91. The molecule has 2 fully saturated rings. The second-order valence-electron chi connectivity index (χ2n) is 7.10. The van der Waals surface area contributed by atoms with E-state index in [2.05, 4.69) is 25.5 Å². The molecule has 1 spiro atoms. The molecule has 146 valence electrons. The van der Waals surface area contributed by atoms with Gasteiger partial charge in [0.25, 0.3) is 5.91 Å². The Morgan fingerprint density at radius 2 is 2.04 bits per heavy atom. The number of anilines is 1. The van der Waals surface area contributed by atoms with Gasteiger partial charge in [-0.1, -0.05) is 25.3 Å².